The molecule has 1 atom stereocenters. The summed E-state index contributed by atoms with van der Waals surface area (Å²) >= 11 is 0. The van der Waals surface area contributed by atoms with Crippen molar-refractivity contribution in [2.75, 3.05) is 53.5 Å². The predicted molar refractivity (Wildman–Crippen MR) is 127 cm³/mol. The maximum absolute atomic E-state index is 11.9. The number of nitrogens with zero attached hydrogens (tertiary/aromatic N) is 3. The van der Waals surface area contributed by atoms with E-state index in [0.29, 0.717) is 25.7 Å². The number of benzene rings is 1. The first-order valence-corrected chi connectivity index (χ1v) is 11.9. The van der Waals surface area contributed by atoms with Gasteiger partial charge in [-0.2, -0.15) is 0 Å². The van der Waals surface area contributed by atoms with Crippen LogP contribution in [0.5, 0.6) is 5.75 Å². The van der Waals surface area contributed by atoms with Crippen LogP contribution in [-0.2, 0) is 4.74 Å². The minimum atomic E-state index is -0.211. The second kappa shape index (κ2) is 12.5. The Kier molecular flexibility index (Phi) is 9.46. The van der Waals surface area contributed by atoms with Crippen molar-refractivity contribution in [2.45, 2.75) is 51.1 Å². The Morgan fingerprint density at radius 3 is 2.41 bits per heavy atom. The molecule has 0 aliphatic carbocycles. The van der Waals surface area contributed by atoms with Crippen LogP contribution in [0.4, 0.5) is 4.79 Å². The Hall–Kier alpha value is -2.48. The molecular formula is C24H39N5O3. The van der Waals surface area contributed by atoms with Gasteiger partial charge in [-0.1, -0.05) is 18.6 Å². The molecule has 2 saturated heterocycles. The van der Waals surface area contributed by atoms with Crippen molar-refractivity contribution in [3.05, 3.63) is 29.8 Å². The number of aliphatic imine (C=N–C) groups is 1. The van der Waals surface area contributed by atoms with E-state index in [1.807, 2.05) is 26.1 Å². The van der Waals surface area contributed by atoms with Crippen molar-refractivity contribution in [1.29, 1.82) is 0 Å². The number of guanidine groups is 1. The van der Waals surface area contributed by atoms with Gasteiger partial charge in [0.1, 0.15) is 5.75 Å². The molecule has 0 aromatic heterocycles. The van der Waals surface area contributed by atoms with Crippen molar-refractivity contribution in [1.82, 2.24) is 20.4 Å². The highest BCUT2D eigenvalue weighted by molar-refractivity contribution is 5.80. The zero-order valence-electron chi connectivity index (χ0n) is 19.8. The first kappa shape index (κ1) is 24.2. The van der Waals surface area contributed by atoms with E-state index in [4.69, 9.17) is 9.47 Å². The van der Waals surface area contributed by atoms with Crippen molar-refractivity contribution in [2.24, 2.45) is 4.99 Å². The Balaban J connectivity index is 1.56. The molecule has 3 rings (SSSR count). The smallest absolute Gasteiger partial charge is 0.409 e. The molecule has 2 aliphatic heterocycles. The lowest BCUT2D eigenvalue weighted by molar-refractivity contribution is 0.0963. The second-order valence-corrected chi connectivity index (χ2v) is 8.44. The van der Waals surface area contributed by atoms with Crippen LogP contribution in [0.3, 0.4) is 0 Å². The number of amides is 1. The van der Waals surface area contributed by atoms with Gasteiger partial charge in [-0.15, -0.1) is 0 Å². The molecular weight excluding hydrogens is 406 g/mol. The van der Waals surface area contributed by atoms with Crippen LogP contribution in [0.2, 0.25) is 0 Å². The van der Waals surface area contributed by atoms with Gasteiger partial charge in [-0.05, 0) is 63.4 Å². The summed E-state index contributed by atoms with van der Waals surface area (Å²) in [6.45, 7) is 6.69. The lowest BCUT2D eigenvalue weighted by Gasteiger charge is -2.36. The van der Waals surface area contributed by atoms with Crippen LogP contribution in [-0.4, -0.2) is 81.4 Å². The summed E-state index contributed by atoms with van der Waals surface area (Å²) in [5.74, 6) is 1.70. The highest BCUT2D eigenvalue weighted by Gasteiger charge is 2.25. The number of methoxy groups -OCH3 is 1. The molecule has 1 amide bonds. The molecule has 0 bridgehead atoms. The number of nitrogens with one attached hydrogen (secondary N) is 2. The van der Waals surface area contributed by atoms with Crippen molar-refractivity contribution >= 4 is 12.1 Å². The molecule has 0 radical (unpaired) electrons. The maximum Gasteiger partial charge on any atom is 0.409 e. The number of rotatable bonds is 7. The quantitative estimate of drug-likeness (QED) is 0.496. The Labute approximate surface area is 192 Å². The predicted octanol–water partition coefficient (Wildman–Crippen LogP) is 3.01. The minimum Gasteiger partial charge on any atom is -0.497 e. The molecule has 2 heterocycles. The fraction of sp³-hybridized carbons (Fsp3) is 0.667. The minimum absolute atomic E-state index is 0.211. The number of carbonyl (C=O) groups excluding carboxylic acids is 1. The number of carbonyl (C=O) groups is 1. The number of ether oxygens (including phenoxy) is 2. The highest BCUT2D eigenvalue weighted by atomic mass is 16.6. The van der Waals surface area contributed by atoms with Gasteiger partial charge < -0.3 is 25.0 Å². The molecule has 0 saturated carbocycles. The average molecular weight is 446 g/mol. The molecule has 178 valence electrons. The van der Waals surface area contributed by atoms with E-state index in [-0.39, 0.29) is 12.1 Å². The zero-order chi connectivity index (χ0) is 22.8. The molecule has 2 fully saturated rings. The van der Waals surface area contributed by atoms with Gasteiger partial charge in [0.15, 0.2) is 5.96 Å². The SMILES string of the molecule is CCOC(=O)N1CCC(NC(=NC)NCC(c2ccc(OC)cc2)N2CCCCC2)CC1. The van der Waals surface area contributed by atoms with Crippen LogP contribution in [0, 0.1) is 0 Å². The summed E-state index contributed by atoms with van der Waals surface area (Å²) in [4.78, 5) is 20.7. The first-order valence-electron chi connectivity index (χ1n) is 11.9. The Bertz CT molecular complexity index is 726. The molecule has 1 aromatic rings. The summed E-state index contributed by atoms with van der Waals surface area (Å²) in [5, 5.41) is 7.10. The van der Waals surface area contributed by atoms with Gasteiger partial charge in [-0.3, -0.25) is 9.89 Å². The summed E-state index contributed by atoms with van der Waals surface area (Å²) in [6.07, 6.45) is 5.36. The number of piperidine rings is 2. The van der Waals surface area contributed by atoms with Crippen LogP contribution in [0.1, 0.15) is 50.6 Å². The van der Waals surface area contributed by atoms with Crippen LogP contribution < -0.4 is 15.4 Å². The molecule has 1 unspecified atom stereocenters. The molecule has 8 heteroatoms. The van der Waals surface area contributed by atoms with E-state index in [1.165, 1.54) is 24.8 Å². The normalized spacial score (nSPS) is 19.3. The molecule has 2 aliphatic rings. The van der Waals surface area contributed by atoms with E-state index in [1.54, 1.807) is 12.0 Å². The third kappa shape index (κ3) is 6.76. The lowest BCUT2D eigenvalue weighted by Crippen LogP contribution is -2.51. The summed E-state index contributed by atoms with van der Waals surface area (Å²) in [7, 11) is 3.51. The van der Waals surface area contributed by atoms with Gasteiger partial charge in [-0.25, -0.2) is 4.79 Å². The highest BCUT2D eigenvalue weighted by Crippen LogP contribution is 2.26. The topological polar surface area (TPSA) is 78.4 Å². The van der Waals surface area contributed by atoms with E-state index in [9.17, 15) is 4.79 Å². The number of hydrogen-bond acceptors (Lipinski definition) is 5. The lowest BCUT2D eigenvalue weighted by atomic mass is 10.0. The molecule has 32 heavy (non-hydrogen) atoms. The molecule has 1 aromatic carbocycles. The van der Waals surface area contributed by atoms with Crippen molar-refractivity contribution in [3.8, 4) is 5.75 Å². The first-order chi connectivity index (χ1) is 15.6. The van der Waals surface area contributed by atoms with E-state index < -0.39 is 0 Å². The van der Waals surface area contributed by atoms with E-state index >= 15 is 0 Å². The molecule has 2 N–H and O–H groups in total. The maximum atomic E-state index is 11.9. The fourth-order valence-electron chi connectivity index (χ4n) is 4.52. The van der Waals surface area contributed by atoms with E-state index in [2.05, 4.69) is 32.7 Å². The average Bonchev–Trinajstić information content (AvgIpc) is 2.85. The van der Waals surface area contributed by atoms with Crippen LogP contribution in [0.15, 0.2) is 29.3 Å². The van der Waals surface area contributed by atoms with Gasteiger partial charge in [0.2, 0.25) is 0 Å². The summed E-state index contributed by atoms with van der Waals surface area (Å²) in [6, 6.07) is 8.99. The third-order valence-corrected chi connectivity index (χ3v) is 6.38. The zero-order valence-corrected chi connectivity index (χ0v) is 19.8. The summed E-state index contributed by atoms with van der Waals surface area (Å²) in [5.41, 5.74) is 1.29. The number of likely N-dealkylation sites (tertiary alicyclic amines) is 2. The molecule has 0 spiro atoms. The van der Waals surface area contributed by atoms with Crippen molar-refractivity contribution in [3.63, 3.8) is 0 Å². The Morgan fingerprint density at radius 1 is 1.12 bits per heavy atom. The fourth-order valence-corrected chi connectivity index (χ4v) is 4.52. The monoisotopic (exact) mass is 445 g/mol. The van der Waals surface area contributed by atoms with Crippen LogP contribution >= 0.6 is 0 Å². The standard InChI is InChI=1S/C24H39N5O3/c1-4-32-24(30)29-16-12-20(13-17-29)27-23(25-2)26-18-22(28-14-6-5-7-15-28)19-8-10-21(31-3)11-9-19/h8-11,20,22H,4-7,12-18H2,1-3H3,(H2,25,26,27). The summed E-state index contributed by atoms with van der Waals surface area (Å²) < 4.78 is 10.5. The van der Waals surface area contributed by atoms with Gasteiger partial charge in [0.05, 0.1) is 19.8 Å². The largest absolute Gasteiger partial charge is 0.497 e. The Morgan fingerprint density at radius 2 is 1.81 bits per heavy atom. The van der Waals surface area contributed by atoms with Gasteiger partial charge in [0, 0.05) is 32.7 Å². The van der Waals surface area contributed by atoms with E-state index in [0.717, 1.165) is 44.2 Å². The third-order valence-electron chi connectivity index (χ3n) is 6.38. The molecule has 8 nitrogen and oxygen atoms in total. The van der Waals surface area contributed by atoms with Gasteiger partial charge in [0.25, 0.3) is 0 Å². The van der Waals surface area contributed by atoms with Crippen molar-refractivity contribution < 1.29 is 14.3 Å². The number of hydrogen-bond donors (Lipinski definition) is 2. The van der Waals surface area contributed by atoms with Crippen LogP contribution in [0.25, 0.3) is 0 Å². The second-order valence-electron chi connectivity index (χ2n) is 8.44. The van der Waals surface area contributed by atoms with Gasteiger partial charge >= 0.3 is 6.09 Å².